The van der Waals surface area contributed by atoms with Crippen LogP contribution in [0.5, 0.6) is 0 Å². The first-order chi connectivity index (χ1) is 9.11. The molecule has 4 heteroatoms. The molecule has 100 valence electrons. The van der Waals surface area contributed by atoms with Crippen LogP contribution in [0.4, 0.5) is 5.82 Å². The summed E-state index contributed by atoms with van der Waals surface area (Å²) in [6, 6.07) is 5.90. The summed E-state index contributed by atoms with van der Waals surface area (Å²) in [5, 5.41) is 3.35. The van der Waals surface area contributed by atoms with Crippen LogP contribution < -0.4 is 5.32 Å². The van der Waals surface area contributed by atoms with Gasteiger partial charge in [0.05, 0.1) is 0 Å². The summed E-state index contributed by atoms with van der Waals surface area (Å²) in [5.74, 6) is 1.60. The third-order valence-electron chi connectivity index (χ3n) is 3.05. The first-order valence-electron chi connectivity index (χ1n) is 6.65. The second kappa shape index (κ2) is 5.78. The quantitative estimate of drug-likeness (QED) is 0.912. The SMILES string of the molecule is CCCNc1nc(-c2cccc(C)n2)nc(C)c1C. The smallest absolute Gasteiger partial charge is 0.180 e. The van der Waals surface area contributed by atoms with Crippen molar-refractivity contribution in [2.24, 2.45) is 0 Å². The molecule has 2 aromatic rings. The molecule has 2 aromatic heterocycles. The van der Waals surface area contributed by atoms with Gasteiger partial charge in [-0.05, 0) is 39.3 Å². The van der Waals surface area contributed by atoms with Crippen LogP contribution >= 0.6 is 0 Å². The predicted octanol–water partition coefficient (Wildman–Crippen LogP) is 3.29. The molecular weight excluding hydrogens is 236 g/mol. The van der Waals surface area contributed by atoms with Crippen molar-refractivity contribution in [2.75, 3.05) is 11.9 Å². The third-order valence-corrected chi connectivity index (χ3v) is 3.05. The van der Waals surface area contributed by atoms with Gasteiger partial charge in [0, 0.05) is 23.5 Å². The van der Waals surface area contributed by atoms with Gasteiger partial charge in [0.25, 0.3) is 0 Å². The lowest BCUT2D eigenvalue weighted by Crippen LogP contribution is -2.08. The second-order valence-electron chi connectivity index (χ2n) is 4.70. The van der Waals surface area contributed by atoms with Crippen LogP contribution in [-0.2, 0) is 0 Å². The summed E-state index contributed by atoms with van der Waals surface area (Å²) in [6.45, 7) is 9.08. The average Bonchev–Trinajstić information content (AvgIpc) is 2.40. The molecule has 0 fully saturated rings. The van der Waals surface area contributed by atoms with Gasteiger partial charge in [-0.25, -0.2) is 15.0 Å². The summed E-state index contributed by atoms with van der Waals surface area (Å²) in [5.41, 5.74) is 3.89. The summed E-state index contributed by atoms with van der Waals surface area (Å²) in [6.07, 6.45) is 1.07. The summed E-state index contributed by atoms with van der Waals surface area (Å²) in [4.78, 5) is 13.6. The number of anilines is 1. The monoisotopic (exact) mass is 256 g/mol. The lowest BCUT2D eigenvalue weighted by atomic mass is 10.2. The zero-order chi connectivity index (χ0) is 13.8. The Kier molecular flexibility index (Phi) is 4.10. The Morgan fingerprint density at radius 1 is 1.05 bits per heavy atom. The zero-order valence-corrected chi connectivity index (χ0v) is 12.0. The molecule has 0 unspecified atom stereocenters. The van der Waals surface area contributed by atoms with E-state index in [1.807, 2.05) is 39.0 Å². The van der Waals surface area contributed by atoms with Gasteiger partial charge < -0.3 is 5.32 Å². The van der Waals surface area contributed by atoms with Gasteiger partial charge in [-0.15, -0.1) is 0 Å². The van der Waals surface area contributed by atoms with E-state index in [0.29, 0.717) is 5.82 Å². The summed E-state index contributed by atoms with van der Waals surface area (Å²) in [7, 11) is 0. The summed E-state index contributed by atoms with van der Waals surface area (Å²) >= 11 is 0. The van der Waals surface area contributed by atoms with E-state index in [1.54, 1.807) is 0 Å². The van der Waals surface area contributed by atoms with Gasteiger partial charge in [0.1, 0.15) is 11.5 Å². The second-order valence-corrected chi connectivity index (χ2v) is 4.70. The molecule has 2 heterocycles. The van der Waals surface area contributed by atoms with Gasteiger partial charge in [0.15, 0.2) is 5.82 Å². The van der Waals surface area contributed by atoms with Crippen molar-refractivity contribution in [3.8, 4) is 11.5 Å². The first-order valence-corrected chi connectivity index (χ1v) is 6.65. The van der Waals surface area contributed by atoms with Gasteiger partial charge >= 0.3 is 0 Å². The molecule has 0 amide bonds. The normalized spacial score (nSPS) is 10.5. The van der Waals surface area contributed by atoms with Crippen molar-refractivity contribution in [2.45, 2.75) is 34.1 Å². The highest BCUT2D eigenvalue weighted by atomic mass is 15.0. The van der Waals surface area contributed by atoms with E-state index in [1.165, 1.54) is 0 Å². The molecule has 0 atom stereocenters. The van der Waals surface area contributed by atoms with Crippen molar-refractivity contribution < 1.29 is 0 Å². The van der Waals surface area contributed by atoms with E-state index in [9.17, 15) is 0 Å². The van der Waals surface area contributed by atoms with E-state index in [0.717, 1.165) is 41.4 Å². The Labute approximate surface area is 114 Å². The Bertz CT molecular complexity index is 578. The zero-order valence-electron chi connectivity index (χ0n) is 12.0. The predicted molar refractivity (Wildman–Crippen MR) is 78.3 cm³/mol. The van der Waals surface area contributed by atoms with E-state index < -0.39 is 0 Å². The highest BCUT2D eigenvalue weighted by Gasteiger charge is 2.10. The van der Waals surface area contributed by atoms with Crippen LogP contribution in [0.3, 0.4) is 0 Å². The lowest BCUT2D eigenvalue weighted by molar-refractivity contribution is 0.952. The van der Waals surface area contributed by atoms with E-state index in [2.05, 4.69) is 27.2 Å². The fourth-order valence-electron chi connectivity index (χ4n) is 1.83. The molecule has 0 aliphatic carbocycles. The molecule has 0 aromatic carbocycles. The molecule has 0 aliphatic heterocycles. The molecule has 0 saturated carbocycles. The van der Waals surface area contributed by atoms with E-state index in [4.69, 9.17) is 0 Å². The van der Waals surface area contributed by atoms with Gasteiger partial charge in [0.2, 0.25) is 0 Å². The van der Waals surface area contributed by atoms with Crippen molar-refractivity contribution in [3.63, 3.8) is 0 Å². The highest BCUT2D eigenvalue weighted by Crippen LogP contribution is 2.20. The van der Waals surface area contributed by atoms with Gasteiger partial charge in [-0.3, -0.25) is 0 Å². The highest BCUT2D eigenvalue weighted by molar-refractivity contribution is 5.56. The van der Waals surface area contributed by atoms with Crippen LogP contribution in [-0.4, -0.2) is 21.5 Å². The molecule has 19 heavy (non-hydrogen) atoms. The maximum absolute atomic E-state index is 4.60. The number of hydrogen-bond acceptors (Lipinski definition) is 4. The van der Waals surface area contributed by atoms with Crippen LogP contribution in [0.2, 0.25) is 0 Å². The maximum Gasteiger partial charge on any atom is 0.180 e. The molecule has 0 radical (unpaired) electrons. The minimum absolute atomic E-state index is 0.686. The van der Waals surface area contributed by atoms with E-state index >= 15 is 0 Å². The fourth-order valence-corrected chi connectivity index (χ4v) is 1.83. The van der Waals surface area contributed by atoms with Crippen LogP contribution in [0.1, 0.15) is 30.3 Å². The maximum atomic E-state index is 4.60. The largest absolute Gasteiger partial charge is 0.370 e. The summed E-state index contributed by atoms with van der Waals surface area (Å²) < 4.78 is 0. The van der Waals surface area contributed by atoms with Crippen LogP contribution in [0, 0.1) is 20.8 Å². The minimum Gasteiger partial charge on any atom is -0.370 e. The Hall–Kier alpha value is -1.97. The number of pyridine rings is 1. The van der Waals surface area contributed by atoms with Crippen molar-refractivity contribution in [3.05, 3.63) is 35.2 Å². The number of nitrogens with one attached hydrogen (secondary N) is 1. The number of aryl methyl sites for hydroxylation is 2. The molecule has 2 rings (SSSR count). The molecule has 0 saturated heterocycles. The van der Waals surface area contributed by atoms with Crippen molar-refractivity contribution in [1.82, 2.24) is 15.0 Å². The van der Waals surface area contributed by atoms with Gasteiger partial charge in [-0.2, -0.15) is 0 Å². The molecule has 0 bridgehead atoms. The standard InChI is InChI=1S/C15H20N4/c1-5-9-16-14-11(3)12(4)18-15(19-14)13-8-6-7-10(2)17-13/h6-8H,5,9H2,1-4H3,(H,16,18,19). The first kappa shape index (κ1) is 13.5. The Morgan fingerprint density at radius 2 is 1.84 bits per heavy atom. The van der Waals surface area contributed by atoms with Crippen molar-refractivity contribution >= 4 is 5.82 Å². The fraction of sp³-hybridized carbons (Fsp3) is 0.400. The molecular formula is C15H20N4. The molecule has 0 spiro atoms. The number of aromatic nitrogens is 3. The molecule has 0 aliphatic rings. The van der Waals surface area contributed by atoms with Gasteiger partial charge in [-0.1, -0.05) is 13.0 Å². The Balaban J connectivity index is 2.44. The van der Waals surface area contributed by atoms with Crippen LogP contribution in [0.25, 0.3) is 11.5 Å². The molecule has 4 nitrogen and oxygen atoms in total. The minimum atomic E-state index is 0.686. The van der Waals surface area contributed by atoms with Crippen LogP contribution in [0.15, 0.2) is 18.2 Å². The Morgan fingerprint density at radius 3 is 2.53 bits per heavy atom. The third kappa shape index (κ3) is 3.08. The number of hydrogen-bond donors (Lipinski definition) is 1. The van der Waals surface area contributed by atoms with Crippen molar-refractivity contribution in [1.29, 1.82) is 0 Å². The number of nitrogens with zero attached hydrogens (tertiary/aromatic N) is 3. The lowest BCUT2D eigenvalue weighted by Gasteiger charge is -2.11. The molecule has 1 N–H and O–H groups in total. The number of rotatable bonds is 4. The van der Waals surface area contributed by atoms with E-state index in [-0.39, 0.29) is 0 Å². The topological polar surface area (TPSA) is 50.7 Å². The average molecular weight is 256 g/mol.